The SMILES string of the molecule is Cc1cc(-c2cc3nc(C)c(C)c(N4[C@@H]5CC[C@H]4CC(O)(c4nccn4C)C5)n3n2)no1. The van der Waals surface area contributed by atoms with Gasteiger partial charge in [-0.1, -0.05) is 5.16 Å². The molecule has 2 aliphatic rings. The second-order valence-corrected chi connectivity index (χ2v) is 9.36. The van der Waals surface area contributed by atoms with Crippen LogP contribution in [0.4, 0.5) is 5.82 Å². The highest BCUT2D eigenvalue weighted by Crippen LogP contribution is 2.48. The number of rotatable bonds is 3. The van der Waals surface area contributed by atoms with Crippen LogP contribution in [0.1, 0.15) is 48.5 Å². The Morgan fingerprint density at radius 1 is 1.09 bits per heavy atom. The molecule has 9 heteroatoms. The maximum Gasteiger partial charge on any atom is 0.158 e. The van der Waals surface area contributed by atoms with E-state index in [9.17, 15) is 5.11 Å². The summed E-state index contributed by atoms with van der Waals surface area (Å²) in [6.07, 6.45) is 7.03. The number of hydrogen-bond acceptors (Lipinski definition) is 7. The summed E-state index contributed by atoms with van der Waals surface area (Å²) >= 11 is 0. The summed E-state index contributed by atoms with van der Waals surface area (Å²) in [6, 6.07) is 4.27. The maximum atomic E-state index is 11.6. The topological polar surface area (TPSA) is 97.5 Å². The highest BCUT2D eigenvalue weighted by atomic mass is 16.5. The molecule has 0 radical (unpaired) electrons. The molecule has 6 rings (SSSR count). The van der Waals surface area contributed by atoms with Gasteiger partial charge in [0.05, 0.1) is 0 Å². The van der Waals surface area contributed by atoms with E-state index in [1.54, 1.807) is 6.20 Å². The molecule has 0 aromatic carbocycles. The number of aliphatic hydroxyl groups is 1. The lowest BCUT2D eigenvalue weighted by atomic mass is 9.85. The van der Waals surface area contributed by atoms with Crippen LogP contribution in [0, 0.1) is 20.8 Å². The monoisotopic (exact) mass is 433 g/mol. The molecule has 3 atom stereocenters. The molecular weight excluding hydrogens is 406 g/mol. The second-order valence-electron chi connectivity index (χ2n) is 9.36. The molecule has 2 saturated heterocycles. The molecule has 2 aliphatic heterocycles. The molecular formula is C23H27N7O2. The molecule has 9 nitrogen and oxygen atoms in total. The number of nitrogens with zero attached hydrogens (tertiary/aromatic N) is 7. The molecule has 0 aliphatic carbocycles. The van der Waals surface area contributed by atoms with Crippen LogP contribution in [0.25, 0.3) is 17.0 Å². The lowest BCUT2D eigenvalue weighted by Gasteiger charge is -2.44. The predicted molar refractivity (Wildman–Crippen MR) is 118 cm³/mol. The zero-order valence-electron chi connectivity index (χ0n) is 18.8. The molecule has 1 unspecified atom stereocenters. The summed E-state index contributed by atoms with van der Waals surface area (Å²) in [5.74, 6) is 2.57. The van der Waals surface area contributed by atoms with Crippen molar-refractivity contribution in [2.45, 2.75) is 64.1 Å². The van der Waals surface area contributed by atoms with Crippen molar-refractivity contribution in [1.29, 1.82) is 0 Å². The van der Waals surface area contributed by atoms with Crippen LogP contribution in [-0.4, -0.2) is 46.5 Å². The highest BCUT2D eigenvalue weighted by Gasteiger charge is 2.51. The lowest BCUT2D eigenvalue weighted by molar-refractivity contribution is -0.0137. The van der Waals surface area contributed by atoms with Crippen molar-refractivity contribution in [3.63, 3.8) is 0 Å². The van der Waals surface area contributed by atoms with Crippen molar-refractivity contribution in [2.75, 3.05) is 4.90 Å². The third-order valence-electron chi connectivity index (χ3n) is 7.19. The average molecular weight is 434 g/mol. The van der Waals surface area contributed by atoms with Crippen LogP contribution in [0.2, 0.25) is 0 Å². The normalized spacial score (nSPS) is 25.2. The van der Waals surface area contributed by atoms with E-state index in [1.807, 2.05) is 48.3 Å². The maximum absolute atomic E-state index is 11.6. The molecule has 0 saturated carbocycles. The third-order valence-corrected chi connectivity index (χ3v) is 7.19. The molecule has 32 heavy (non-hydrogen) atoms. The van der Waals surface area contributed by atoms with Gasteiger partial charge in [0, 0.05) is 67.8 Å². The predicted octanol–water partition coefficient (Wildman–Crippen LogP) is 3.06. The molecule has 2 bridgehead atoms. The van der Waals surface area contributed by atoms with Gasteiger partial charge >= 0.3 is 0 Å². The summed E-state index contributed by atoms with van der Waals surface area (Å²) in [4.78, 5) is 11.7. The van der Waals surface area contributed by atoms with Crippen LogP contribution in [0.3, 0.4) is 0 Å². The van der Waals surface area contributed by atoms with Crippen LogP contribution in [0.5, 0.6) is 0 Å². The van der Waals surface area contributed by atoms with E-state index in [0.29, 0.717) is 18.5 Å². The summed E-state index contributed by atoms with van der Waals surface area (Å²) < 4.78 is 9.14. The number of imidazole rings is 1. The van der Waals surface area contributed by atoms with E-state index in [4.69, 9.17) is 14.6 Å². The zero-order valence-corrected chi connectivity index (χ0v) is 18.8. The van der Waals surface area contributed by atoms with Gasteiger partial charge in [0.25, 0.3) is 0 Å². The van der Waals surface area contributed by atoms with Gasteiger partial charge in [0.2, 0.25) is 0 Å². The minimum absolute atomic E-state index is 0.209. The van der Waals surface area contributed by atoms with E-state index < -0.39 is 5.60 Å². The smallest absolute Gasteiger partial charge is 0.158 e. The molecule has 6 heterocycles. The van der Waals surface area contributed by atoms with Gasteiger partial charge in [-0.05, 0) is 33.6 Å². The number of piperidine rings is 1. The van der Waals surface area contributed by atoms with Crippen molar-refractivity contribution in [3.05, 3.63) is 47.4 Å². The first-order chi connectivity index (χ1) is 15.3. The number of aromatic nitrogens is 6. The van der Waals surface area contributed by atoms with Gasteiger partial charge in [-0.15, -0.1) is 0 Å². The van der Waals surface area contributed by atoms with E-state index in [1.165, 1.54) is 0 Å². The van der Waals surface area contributed by atoms with Gasteiger partial charge < -0.3 is 19.1 Å². The summed E-state index contributed by atoms with van der Waals surface area (Å²) in [6.45, 7) is 6.03. The number of aryl methyl sites for hydroxylation is 3. The first-order valence-electron chi connectivity index (χ1n) is 11.1. The second kappa shape index (κ2) is 6.65. The van der Waals surface area contributed by atoms with Crippen LogP contribution >= 0.6 is 0 Å². The van der Waals surface area contributed by atoms with Gasteiger partial charge in [-0.2, -0.15) is 9.61 Å². The molecule has 0 spiro atoms. The summed E-state index contributed by atoms with van der Waals surface area (Å²) in [5, 5.41) is 20.6. The van der Waals surface area contributed by atoms with Gasteiger partial charge in [0.1, 0.15) is 34.4 Å². The fraction of sp³-hybridized carbons (Fsp3) is 0.478. The van der Waals surface area contributed by atoms with Gasteiger partial charge in [-0.25, -0.2) is 9.97 Å². The largest absolute Gasteiger partial charge is 0.382 e. The van der Waals surface area contributed by atoms with Gasteiger partial charge in [0.15, 0.2) is 5.65 Å². The summed E-state index contributed by atoms with van der Waals surface area (Å²) in [5.41, 5.74) is 3.43. The molecule has 4 aromatic heterocycles. The molecule has 2 fully saturated rings. The number of hydrogen-bond donors (Lipinski definition) is 1. The van der Waals surface area contributed by atoms with Crippen molar-refractivity contribution < 1.29 is 9.63 Å². The molecule has 1 N–H and O–H groups in total. The Morgan fingerprint density at radius 3 is 2.47 bits per heavy atom. The minimum atomic E-state index is -0.913. The Balaban J connectivity index is 1.45. The fourth-order valence-corrected chi connectivity index (χ4v) is 5.67. The Bertz CT molecular complexity index is 1320. The van der Waals surface area contributed by atoms with Gasteiger partial charge in [-0.3, -0.25) is 0 Å². The quantitative estimate of drug-likeness (QED) is 0.530. The Labute approximate surface area is 185 Å². The number of fused-ring (bicyclic) bond motifs is 3. The first kappa shape index (κ1) is 19.5. The minimum Gasteiger partial charge on any atom is -0.382 e. The lowest BCUT2D eigenvalue weighted by Crippen LogP contribution is -2.51. The van der Waals surface area contributed by atoms with Crippen LogP contribution in [0.15, 0.2) is 29.0 Å². The Hall–Kier alpha value is -3.20. The zero-order chi connectivity index (χ0) is 22.2. The highest BCUT2D eigenvalue weighted by molar-refractivity contribution is 5.65. The molecule has 0 amide bonds. The summed E-state index contributed by atoms with van der Waals surface area (Å²) in [7, 11) is 1.95. The standard InChI is InChI=1S/C23H27N7O2/c1-13-9-19(27-32-13)18-10-20-25-15(3)14(2)21(30(20)26-18)29-16-5-6-17(29)12-23(31,11-16)22-24-7-8-28(22)4/h7-10,16-17,31H,5-6,11-12H2,1-4H3/t16-,17+,23?. The van der Waals surface area contributed by atoms with E-state index >= 15 is 0 Å². The Morgan fingerprint density at radius 2 is 1.84 bits per heavy atom. The van der Waals surface area contributed by atoms with Crippen molar-refractivity contribution >= 4 is 11.5 Å². The molecule has 166 valence electrons. The Kier molecular flexibility index (Phi) is 4.05. The van der Waals surface area contributed by atoms with E-state index in [2.05, 4.69) is 22.0 Å². The van der Waals surface area contributed by atoms with Crippen LogP contribution < -0.4 is 4.90 Å². The van der Waals surface area contributed by atoms with Crippen molar-refractivity contribution in [1.82, 2.24) is 29.3 Å². The van der Waals surface area contributed by atoms with Crippen molar-refractivity contribution in [3.8, 4) is 11.4 Å². The van der Waals surface area contributed by atoms with E-state index in [-0.39, 0.29) is 12.1 Å². The van der Waals surface area contributed by atoms with Crippen LogP contribution in [-0.2, 0) is 12.6 Å². The van der Waals surface area contributed by atoms with E-state index in [0.717, 1.165) is 52.8 Å². The molecule has 4 aromatic rings. The van der Waals surface area contributed by atoms with Crippen molar-refractivity contribution in [2.24, 2.45) is 7.05 Å². The third kappa shape index (κ3) is 2.73. The average Bonchev–Trinajstić information content (AvgIpc) is 3.51. The fourth-order valence-electron chi connectivity index (χ4n) is 5.67. The first-order valence-corrected chi connectivity index (χ1v) is 11.1. The number of anilines is 1.